The molecule has 0 aliphatic rings. The summed E-state index contributed by atoms with van der Waals surface area (Å²) in [6, 6.07) is 1.41. The number of rotatable bonds is 9. The molecular formula is C12H28N2. The normalized spacial score (nSPS) is 11.6. The number of hydrogen-bond donors (Lipinski definition) is 2. The zero-order chi connectivity index (χ0) is 10.8. The van der Waals surface area contributed by atoms with E-state index in [-0.39, 0.29) is 0 Å². The molecule has 0 aliphatic carbocycles. The second-order valence-corrected chi connectivity index (χ2v) is 3.94. The van der Waals surface area contributed by atoms with E-state index in [9.17, 15) is 0 Å². The van der Waals surface area contributed by atoms with Crippen LogP contribution in [0.2, 0.25) is 0 Å². The van der Waals surface area contributed by atoms with Crippen LogP contribution in [0.15, 0.2) is 0 Å². The molecule has 0 rings (SSSR count). The molecule has 0 amide bonds. The quantitative estimate of drug-likeness (QED) is 0.559. The van der Waals surface area contributed by atoms with Gasteiger partial charge in [-0.2, -0.15) is 0 Å². The summed E-state index contributed by atoms with van der Waals surface area (Å²) in [5.74, 6) is 0. The molecule has 0 bridgehead atoms. The first kappa shape index (κ1) is 13.9. The molecule has 0 saturated carbocycles. The molecule has 0 aromatic rings. The van der Waals surface area contributed by atoms with E-state index in [1.165, 1.54) is 25.7 Å². The molecule has 2 nitrogen and oxygen atoms in total. The van der Waals surface area contributed by atoms with Gasteiger partial charge in [0.1, 0.15) is 0 Å². The van der Waals surface area contributed by atoms with Gasteiger partial charge in [0, 0.05) is 25.2 Å². The third-order valence-corrected chi connectivity index (χ3v) is 2.96. The Morgan fingerprint density at radius 3 is 1.14 bits per heavy atom. The van der Waals surface area contributed by atoms with Crippen LogP contribution >= 0.6 is 0 Å². The molecular weight excluding hydrogens is 172 g/mol. The summed E-state index contributed by atoms with van der Waals surface area (Å²) in [6.45, 7) is 11.2. The number of nitrogens with one attached hydrogen (secondary N) is 2. The highest BCUT2D eigenvalue weighted by Gasteiger charge is 2.03. The maximum Gasteiger partial charge on any atom is 0.00794 e. The summed E-state index contributed by atoms with van der Waals surface area (Å²) in [5.41, 5.74) is 0. The largest absolute Gasteiger partial charge is 0.313 e. The summed E-state index contributed by atoms with van der Waals surface area (Å²) in [7, 11) is 0. The van der Waals surface area contributed by atoms with Crippen molar-refractivity contribution in [2.45, 2.75) is 65.5 Å². The first-order valence-corrected chi connectivity index (χ1v) is 6.25. The summed E-state index contributed by atoms with van der Waals surface area (Å²) in [5, 5.41) is 7.12. The Labute approximate surface area is 89.9 Å². The molecule has 0 aromatic heterocycles. The molecule has 2 heteroatoms. The molecule has 0 aliphatic heterocycles. The Morgan fingerprint density at radius 1 is 0.643 bits per heavy atom. The summed E-state index contributed by atoms with van der Waals surface area (Å²) < 4.78 is 0. The fraction of sp³-hybridized carbons (Fsp3) is 1.00. The van der Waals surface area contributed by atoms with E-state index in [1.807, 2.05) is 0 Å². The van der Waals surface area contributed by atoms with Crippen molar-refractivity contribution < 1.29 is 0 Å². The molecule has 2 N–H and O–H groups in total. The molecule has 14 heavy (non-hydrogen) atoms. The van der Waals surface area contributed by atoms with Gasteiger partial charge in [-0.25, -0.2) is 0 Å². The first-order chi connectivity index (χ1) is 6.78. The molecule has 0 spiro atoms. The van der Waals surface area contributed by atoms with Crippen molar-refractivity contribution in [1.82, 2.24) is 10.6 Å². The topological polar surface area (TPSA) is 24.1 Å². The van der Waals surface area contributed by atoms with E-state index in [0.29, 0.717) is 12.1 Å². The first-order valence-electron chi connectivity index (χ1n) is 6.25. The Kier molecular flexibility index (Phi) is 9.42. The third-order valence-electron chi connectivity index (χ3n) is 2.96. The lowest BCUT2D eigenvalue weighted by Gasteiger charge is -2.18. The van der Waals surface area contributed by atoms with Crippen molar-refractivity contribution in [3.63, 3.8) is 0 Å². The van der Waals surface area contributed by atoms with Gasteiger partial charge in [0.25, 0.3) is 0 Å². The molecule has 0 fully saturated rings. The van der Waals surface area contributed by atoms with Gasteiger partial charge in [-0.15, -0.1) is 0 Å². The Balaban J connectivity index is 3.35. The van der Waals surface area contributed by atoms with Crippen molar-refractivity contribution >= 4 is 0 Å². The summed E-state index contributed by atoms with van der Waals surface area (Å²) in [6.07, 6.45) is 4.95. The third kappa shape index (κ3) is 6.39. The molecule has 86 valence electrons. The van der Waals surface area contributed by atoms with Crippen LogP contribution < -0.4 is 10.6 Å². The van der Waals surface area contributed by atoms with Crippen LogP contribution in [-0.2, 0) is 0 Å². The van der Waals surface area contributed by atoms with E-state index in [0.717, 1.165) is 13.1 Å². The lowest BCUT2D eigenvalue weighted by atomic mass is 10.1. The van der Waals surface area contributed by atoms with Crippen LogP contribution in [0.4, 0.5) is 0 Å². The zero-order valence-electron chi connectivity index (χ0n) is 10.4. The van der Waals surface area contributed by atoms with Gasteiger partial charge in [-0.1, -0.05) is 27.7 Å². The fourth-order valence-electron chi connectivity index (χ4n) is 1.71. The van der Waals surface area contributed by atoms with Crippen molar-refractivity contribution in [1.29, 1.82) is 0 Å². The second kappa shape index (κ2) is 9.47. The van der Waals surface area contributed by atoms with Crippen molar-refractivity contribution in [2.24, 2.45) is 0 Å². The predicted octanol–water partition coefficient (Wildman–Crippen LogP) is 2.54. The Bertz CT molecular complexity index is 92.9. The second-order valence-electron chi connectivity index (χ2n) is 3.94. The van der Waals surface area contributed by atoms with Gasteiger partial charge >= 0.3 is 0 Å². The minimum atomic E-state index is 0.707. The predicted molar refractivity (Wildman–Crippen MR) is 64.7 cm³/mol. The number of hydrogen-bond acceptors (Lipinski definition) is 2. The lowest BCUT2D eigenvalue weighted by Crippen LogP contribution is -2.38. The molecule has 0 unspecified atom stereocenters. The van der Waals surface area contributed by atoms with Gasteiger partial charge in [-0.3, -0.25) is 0 Å². The van der Waals surface area contributed by atoms with Gasteiger partial charge in [0.15, 0.2) is 0 Å². The molecule has 0 saturated heterocycles. The van der Waals surface area contributed by atoms with Crippen molar-refractivity contribution in [3.05, 3.63) is 0 Å². The monoisotopic (exact) mass is 200 g/mol. The van der Waals surface area contributed by atoms with Crippen molar-refractivity contribution in [3.8, 4) is 0 Å². The lowest BCUT2D eigenvalue weighted by molar-refractivity contribution is 0.440. The van der Waals surface area contributed by atoms with E-state index < -0.39 is 0 Å². The van der Waals surface area contributed by atoms with E-state index in [4.69, 9.17) is 0 Å². The summed E-state index contributed by atoms with van der Waals surface area (Å²) in [4.78, 5) is 0. The minimum absolute atomic E-state index is 0.707. The van der Waals surface area contributed by atoms with Crippen LogP contribution in [-0.4, -0.2) is 25.2 Å². The van der Waals surface area contributed by atoms with Crippen molar-refractivity contribution in [2.75, 3.05) is 13.1 Å². The van der Waals surface area contributed by atoms with E-state index in [1.54, 1.807) is 0 Å². The fourth-order valence-corrected chi connectivity index (χ4v) is 1.71. The van der Waals surface area contributed by atoms with Gasteiger partial charge < -0.3 is 10.6 Å². The smallest absolute Gasteiger partial charge is 0.00794 e. The van der Waals surface area contributed by atoms with Crippen LogP contribution in [0.3, 0.4) is 0 Å². The Hall–Kier alpha value is -0.0800. The highest BCUT2D eigenvalue weighted by Crippen LogP contribution is 1.96. The van der Waals surface area contributed by atoms with Crippen LogP contribution in [0.25, 0.3) is 0 Å². The SMILES string of the molecule is CCC(CC)NCCNC(CC)CC. The van der Waals surface area contributed by atoms with E-state index in [2.05, 4.69) is 38.3 Å². The minimum Gasteiger partial charge on any atom is -0.313 e. The standard InChI is InChI=1S/C12H28N2/c1-5-11(6-2)13-9-10-14-12(7-3)8-4/h11-14H,5-10H2,1-4H3. The van der Waals surface area contributed by atoms with Crippen LogP contribution in [0.1, 0.15) is 53.4 Å². The summed E-state index contributed by atoms with van der Waals surface area (Å²) >= 11 is 0. The molecule has 0 heterocycles. The average molecular weight is 200 g/mol. The van der Waals surface area contributed by atoms with Crippen LogP contribution in [0.5, 0.6) is 0 Å². The van der Waals surface area contributed by atoms with Gasteiger partial charge in [-0.05, 0) is 25.7 Å². The Morgan fingerprint density at radius 2 is 0.929 bits per heavy atom. The average Bonchev–Trinajstić information content (AvgIpc) is 2.24. The highest BCUT2D eigenvalue weighted by molar-refractivity contribution is 4.66. The molecule has 0 radical (unpaired) electrons. The van der Waals surface area contributed by atoms with Crippen LogP contribution in [0, 0.1) is 0 Å². The molecule has 0 atom stereocenters. The highest BCUT2D eigenvalue weighted by atomic mass is 15.0. The maximum absolute atomic E-state index is 3.56. The van der Waals surface area contributed by atoms with E-state index >= 15 is 0 Å². The molecule has 0 aromatic carbocycles. The maximum atomic E-state index is 3.56. The van der Waals surface area contributed by atoms with Gasteiger partial charge in [0.05, 0.1) is 0 Å². The zero-order valence-corrected chi connectivity index (χ0v) is 10.4. The van der Waals surface area contributed by atoms with Gasteiger partial charge in [0.2, 0.25) is 0 Å².